The van der Waals surface area contributed by atoms with Crippen LogP contribution >= 0.6 is 35.0 Å². The van der Waals surface area contributed by atoms with Gasteiger partial charge in [-0.25, -0.2) is 0 Å². The highest BCUT2D eigenvalue weighted by Gasteiger charge is 2.13. The zero-order valence-electron chi connectivity index (χ0n) is 13.9. The first kappa shape index (κ1) is 19.5. The quantitative estimate of drug-likeness (QED) is 0.535. The van der Waals surface area contributed by atoms with Crippen LogP contribution in [0.2, 0.25) is 10.0 Å². The van der Waals surface area contributed by atoms with Crippen LogP contribution in [0.25, 0.3) is 0 Å². The molecule has 0 saturated carbocycles. The molecule has 0 saturated heterocycles. The molecular formula is C15H13Cl2N5O4S. The maximum absolute atomic E-state index is 11.9. The SMILES string of the molecule is CCc1nnc(NC(=O)CSc2nnc(COc3ccc(Cl)cc3Cl)o2)o1. The van der Waals surface area contributed by atoms with Crippen molar-refractivity contribution in [1.29, 1.82) is 0 Å². The fraction of sp³-hybridized carbons (Fsp3) is 0.267. The fourth-order valence-electron chi connectivity index (χ4n) is 1.82. The lowest BCUT2D eigenvalue weighted by atomic mass is 10.3. The smallest absolute Gasteiger partial charge is 0.322 e. The van der Waals surface area contributed by atoms with Gasteiger partial charge in [0.05, 0.1) is 10.8 Å². The molecule has 0 fully saturated rings. The summed E-state index contributed by atoms with van der Waals surface area (Å²) in [6, 6.07) is 4.92. The Morgan fingerprint density at radius 2 is 2.00 bits per heavy atom. The van der Waals surface area contributed by atoms with Gasteiger partial charge in [-0.3, -0.25) is 10.1 Å². The number of carbonyl (C=O) groups excluding carboxylic acids is 1. The summed E-state index contributed by atoms with van der Waals surface area (Å²) in [7, 11) is 0. The first-order valence-corrected chi connectivity index (χ1v) is 9.43. The Labute approximate surface area is 167 Å². The maximum Gasteiger partial charge on any atom is 0.322 e. The van der Waals surface area contributed by atoms with Crippen molar-refractivity contribution in [2.24, 2.45) is 0 Å². The van der Waals surface area contributed by atoms with Crippen LogP contribution in [0.1, 0.15) is 18.7 Å². The minimum Gasteiger partial charge on any atom is -0.482 e. The van der Waals surface area contributed by atoms with E-state index in [-0.39, 0.29) is 35.4 Å². The van der Waals surface area contributed by atoms with E-state index >= 15 is 0 Å². The third-order valence-electron chi connectivity index (χ3n) is 3.04. The van der Waals surface area contributed by atoms with Crippen molar-refractivity contribution in [3.8, 4) is 5.75 Å². The van der Waals surface area contributed by atoms with Gasteiger partial charge in [0.15, 0.2) is 6.61 Å². The molecule has 3 rings (SSSR count). The molecule has 0 radical (unpaired) electrons. The van der Waals surface area contributed by atoms with Crippen molar-refractivity contribution in [1.82, 2.24) is 20.4 Å². The predicted molar refractivity (Wildman–Crippen MR) is 98.1 cm³/mol. The summed E-state index contributed by atoms with van der Waals surface area (Å²) in [5, 5.41) is 18.8. The van der Waals surface area contributed by atoms with Crippen LogP contribution in [-0.4, -0.2) is 32.1 Å². The molecule has 1 aromatic carbocycles. The lowest BCUT2D eigenvalue weighted by Gasteiger charge is -2.05. The first-order chi connectivity index (χ1) is 13.0. The largest absolute Gasteiger partial charge is 0.482 e. The average molecular weight is 430 g/mol. The molecule has 12 heteroatoms. The molecule has 2 heterocycles. The molecule has 3 aromatic rings. The van der Waals surface area contributed by atoms with Gasteiger partial charge in [0.2, 0.25) is 11.8 Å². The second-order valence-electron chi connectivity index (χ2n) is 5.02. The van der Waals surface area contributed by atoms with Crippen molar-refractivity contribution in [3.05, 3.63) is 40.0 Å². The summed E-state index contributed by atoms with van der Waals surface area (Å²) in [4.78, 5) is 11.9. The van der Waals surface area contributed by atoms with Gasteiger partial charge < -0.3 is 13.6 Å². The molecule has 2 aromatic heterocycles. The average Bonchev–Trinajstić information content (AvgIpc) is 3.28. The Morgan fingerprint density at radius 1 is 1.19 bits per heavy atom. The zero-order chi connectivity index (χ0) is 19.2. The maximum atomic E-state index is 11.9. The Kier molecular flexibility index (Phi) is 6.54. The molecule has 1 N–H and O–H groups in total. The predicted octanol–water partition coefficient (Wildman–Crippen LogP) is 3.63. The molecule has 1 amide bonds. The number of thioether (sulfide) groups is 1. The van der Waals surface area contributed by atoms with Crippen LogP contribution < -0.4 is 10.1 Å². The molecule has 0 unspecified atom stereocenters. The van der Waals surface area contributed by atoms with Crippen LogP contribution in [-0.2, 0) is 17.8 Å². The summed E-state index contributed by atoms with van der Waals surface area (Å²) in [6.45, 7) is 1.90. The fourth-order valence-corrected chi connectivity index (χ4v) is 2.86. The van der Waals surface area contributed by atoms with Gasteiger partial charge >= 0.3 is 6.01 Å². The first-order valence-electron chi connectivity index (χ1n) is 7.68. The van der Waals surface area contributed by atoms with E-state index in [1.54, 1.807) is 18.2 Å². The molecular weight excluding hydrogens is 417 g/mol. The number of aromatic nitrogens is 4. The number of anilines is 1. The molecule has 0 atom stereocenters. The molecule has 9 nitrogen and oxygen atoms in total. The lowest BCUT2D eigenvalue weighted by Crippen LogP contribution is -2.14. The highest BCUT2D eigenvalue weighted by Crippen LogP contribution is 2.28. The summed E-state index contributed by atoms with van der Waals surface area (Å²) < 4.78 is 16.1. The van der Waals surface area contributed by atoms with Crippen molar-refractivity contribution in [2.75, 3.05) is 11.1 Å². The lowest BCUT2D eigenvalue weighted by molar-refractivity contribution is -0.113. The zero-order valence-corrected chi connectivity index (χ0v) is 16.3. The Morgan fingerprint density at radius 3 is 2.74 bits per heavy atom. The van der Waals surface area contributed by atoms with E-state index in [9.17, 15) is 4.79 Å². The number of aryl methyl sites for hydroxylation is 1. The summed E-state index contributed by atoms with van der Waals surface area (Å²) in [5.41, 5.74) is 0. The Hall–Kier alpha value is -2.30. The van der Waals surface area contributed by atoms with Crippen LogP contribution in [0.3, 0.4) is 0 Å². The number of benzene rings is 1. The van der Waals surface area contributed by atoms with Gasteiger partial charge in [-0.05, 0) is 18.2 Å². The van der Waals surface area contributed by atoms with Crippen molar-refractivity contribution >= 4 is 46.9 Å². The van der Waals surface area contributed by atoms with Gasteiger partial charge in [0, 0.05) is 11.4 Å². The van der Waals surface area contributed by atoms with E-state index in [1.807, 2.05) is 6.92 Å². The highest BCUT2D eigenvalue weighted by molar-refractivity contribution is 7.99. The number of amides is 1. The number of carbonyl (C=O) groups is 1. The van der Waals surface area contributed by atoms with Crippen LogP contribution in [0.4, 0.5) is 6.01 Å². The van der Waals surface area contributed by atoms with Crippen LogP contribution in [0, 0.1) is 0 Å². The number of hydrogen-bond donors (Lipinski definition) is 1. The number of halogens is 2. The van der Waals surface area contributed by atoms with E-state index < -0.39 is 0 Å². The monoisotopic (exact) mass is 429 g/mol. The number of nitrogens with zero attached hydrogens (tertiary/aromatic N) is 4. The normalized spacial score (nSPS) is 10.8. The number of ether oxygens (including phenoxy) is 1. The van der Waals surface area contributed by atoms with Gasteiger partial charge in [-0.2, -0.15) is 0 Å². The van der Waals surface area contributed by atoms with Crippen molar-refractivity contribution in [2.45, 2.75) is 25.2 Å². The molecule has 0 bridgehead atoms. The topological polar surface area (TPSA) is 116 Å². The minimum atomic E-state index is -0.338. The van der Waals surface area contributed by atoms with Crippen molar-refractivity contribution < 1.29 is 18.4 Å². The third-order valence-corrected chi connectivity index (χ3v) is 4.38. The second kappa shape index (κ2) is 9.07. The molecule has 0 spiro atoms. The van der Waals surface area contributed by atoms with E-state index in [2.05, 4.69) is 25.7 Å². The Bertz CT molecular complexity index is 933. The minimum absolute atomic E-state index is 0.0306. The molecule has 0 aliphatic heterocycles. The van der Waals surface area contributed by atoms with Crippen LogP contribution in [0.5, 0.6) is 5.75 Å². The van der Waals surface area contributed by atoms with Gasteiger partial charge in [0.1, 0.15) is 5.75 Å². The van der Waals surface area contributed by atoms with E-state index in [0.717, 1.165) is 11.8 Å². The number of hydrogen-bond acceptors (Lipinski definition) is 9. The number of rotatable bonds is 8. The van der Waals surface area contributed by atoms with Gasteiger partial charge in [-0.15, -0.1) is 15.3 Å². The van der Waals surface area contributed by atoms with E-state index in [4.69, 9.17) is 36.8 Å². The summed E-state index contributed by atoms with van der Waals surface area (Å²) in [6.07, 6.45) is 0.589. The third kappa shape index (κ3) is 5.59. The second-order valence-corrected chi connectivity index (χ2v) is 6.79. The molecule has 0 aliphatic carbocycles. The number of nitrogens with one attached hydrogen (secondary N) is 1. The molecule has 27 heavy (non-hydrogen) atoms. The van der Waals surface area contributed by atoms with Gasteiger partial charge in [0.25, 0.3) is 11.1 Å². The summed E-state index contributed by atoms with van der Waals surface area (Å²) in [5.74, 6) is 0.831. The summed E-state index contributed by atoms with van der Waals surface area (Å²) >= 11 is 12.9. The van der Waals surface area contributed by atoms with Gasteiger partial charge in [-0.1, -0.05) is 47.0 Å². The Balaban J connectivity index is 1.46. The van der Waals surface area contributed by atoms with E-state index in [1.165, 1.54) is 0 Å². The van der Waals surface area contributed by atoms with Crippen molar-refractivity contribution in [3.63, 3.8) is 0 Å². The standard InChI is InChI=1S/C15H13Cl2N5O4S/c1-2-12-19-21-14(25-12)18-11(23)7-27-15-22-20-13(26-15)6-24-10-4-3-8(16)5-9(10)17/h3-5H,2,6-7H2,1H3,(H,18,21,23). The molecule has 142 valence electrons. The molecule has 0 aliphatic rings. The highest BCUT2D eigenvalue weighted by atomic mass is 35.5. The van der Waals surface area contributed by atoms with Crippen LogP contribution in [0.15, 0.2) is 32.3 Å². The van der Waals surface area contributed by atoms with E-state index in [0.29, 0.717) is 28.1 Å².